The van der Waals surface area contributed by atoms with Gasteiger partial charge in [-0.15, -0.1) is 0 Å². The Morgan fingerprint density at radius 2 is 2.12 bits per heavy atom. The molecular weight excluding hydrogens is 230 g/mol. The fourth-order valence-electron chi connectivity index (χ4n) is 3.17. The van der Waals surface area contributed by atoms with Crippen LogP contribution in [-0.4, -0.2) is 28.3 Å². The summed E-state index contributed by atoms with van der Waals surface area (Å²) in [5, 5.41) is 3.69. The van der Waals surface area contributed by atoms with E-state index >= 15 is 0 Å². The molecule has 98 valence electrons. The van der Waals surface area contributed by atoms with Crippen LogP contribution in [0.5, 0.6) is 0 Å². The third-order valence-corrected chi connectivity index (χ3v) is 5.35. The lowest BCUT2D eigenvalue weighted by Crippen LogP contribution is -2.39. The molecule has 1 saturated heterocycles. The fraction of sp³-hybridized carbons (Fsp3) is 0.857. The molecule has 1 aliphatic carbocycles. The lowest BCUT2D eigenvalue weighted by Gasteiger charge is -2.29. The van der Waals surface area contributed by atoms with Crippen LogP contribution in [-0.2, 0) is 10.8 Å². The van der Waals surface area contributed by atoms with Crippen molar-refractivity contribution in [1.29, 1.82) is 0 Å². The molecule has 0 radical (unpaired) electrons. The minimum Gasteiger partial charge on any atom is -0.314 e. The topological polar surface area (TPSA) is 29.1 Å². The molecular formula is C14H25NOS. The zero-order valence-corrected chi connectivity index (χ0v) is 11.9. The van der Waals surface area contributed by atoms with Gasteiger partial charge in [-0.3, -0.25) is 4.21 Å². The molecule has 0 aromatic rings. The first-order valence-electron chi connectivity index (χ1n) is 6.89. The van der Waals surface area contributed by atoms with Crippen molar-refractivity contribution in [3.8, 4) is 0 Å². The highest BCUT2D eigenvalue weighted by molar-refractivity contribution is 7.85. The van der Waals surface area contributed by atoms with Crippen molar-refractivity contribution in [1.82, 2.24) is 5.32 Å². The normalized spacial score (nSPS) is 38.8. The Labute approximate surface area is 108 Å². The zero-order valence-electron chi connectivity index (χ0n) is 11.1. The van der Waals surface area contributed by atoms with E-state index in [-0.39, 0.29) is 0 Å². The summed E-state index contributed by atoms with van der Waals surface area (Å²) in [6, 6.07) is 0.620. The minimum atomic E-state index is -0.530. The van der Waals surface area contributed by atoms with E-state index in [1.807, 2.05) is 0 Å². The van der Waals surface area contributed by atoms with Gasteiger partial charge in [0.2, 0.25) is 0 Å². The Balaban J connectivity index is 1.72. The first kappa shape index (κ1) is 13.3. The maximum Gasteiger partial charge on any atom is 0.0249 e. The molecule has 2 nitrogen and oxygen atoms in total. The van der Waals surface area contributed by atoms with E-state index in [0.29, 0.717) is 6.04 Å². The molecule has 3 heteroatoms. The van der Waals surface area contributed by atoms with Crippen LogP contribution < -0.4 is 5.32 Å². The van der Waals surface area contributed by atoms with Gasteiger partial charge in [0.15, 0.2) is 0 Å². The van der Waals surface area contributed by atoms with Gasteiger partial charge in [0.05, 0.1) is 0 Å². The number of hydrogen-bond donors (Lipinski definition) is 1. The highest BCUT2D eigenvalue weighted by Gasteiger charge is 2.21. The van der Waals surface area contributed by atoms with Crippen LogP contribution in [0.4, 0.5) is 0 Å². The zero-order chi connectivity index (χ0) is 12.3. The van der Waals surface area contributed by atoms with Gasteiger partial charge in [-0.25, -0.2) is 0 Å². The number of hydrogen-bond acceptors (Lipinski definition) is 2. The average Bonchev–Trinajstić information content (AvgIpc) is 2.27. The summed E-state index contributed by atoms with van der Waals surface area (Å²) in [6.07, 6.45) is 7.20. The Hall–Kier alpha value is -0.150. The summed E-state index contributed by atoms with van der Waals surface area (Å²) in [6.45, 7) is 5.72. The lowest BCUT2D eigenvalue weighted by molar-refractivity contribution is 0.351. The van der Waals surface area contributed by atoms with Gasteiger partial charge >= 0.3 is 0 Å². The second-order valence-electron chi connectivity index (χ2n) is 5.83. The van der Waals surface area contributed by atoms with Gasteiger partial charge in [-0.1, -0.05) is 18.6 Å². The van der Waals surface area contributed by atoms with Crippen molar-refractivity contribution in [2.75, 3.05) is 18.1 Å². The van der Waals surface area contributed by atoms with E-state index in [1.54, 1.807) is 5.57 Å². The Morgan fingerprint density at radius 3 is 2.76 bits per heavy atom. The van der Waals surface area contributed by atoms with E-state index in [2.05, 4.69) is 25.2 Å². The van der Waals surface area contributed by atoms with Crippen molar-refractivity contribution in [2.24, 2.45) is 11.8 Å². The third-order valence-electron chi connectivity index (χ3n) is 3.97. The molecule has 0 aromatic heterocycles. The summed E-state index contributed by atoms with van der Waals surface area (Å²) < 4.78 is 11.3. The van der Waals surface area contributed by atoms with Crippen LogP contribution in [0.15, 0.2) is 11.6 Å². The van der Waals surface area contributed by atoms with Crippen LogP contribution in [0.25, 0.3) is 0 Å². The summed E-state index contributed by atoms with van der Waals surface area (Å²) >= 11 is 0. The van der Waals surface area contributed by atoms with Crippen molar-refractivity contribution < 1.29 is 4.21 Å². The average molecular weight is 255 g/mol. The molecule has 0 spiro atoms. The van der Waals surface area contributed by atoms with Crippen molar-refractivity contribution >= 4 is 10.8 Å². The molecule has 1 N–H and O–H groups in total. The van der Waals surface area contributed by atoms with E-state index < -0.39 is 10.8 Å². The summed E-state index contributed by atoms with van der Waals surface area (Å²) in [7, 11) is -0.530. The molecule has 17 heavy (non-hydrogen) atoms. The molecule has 0 bridgehead atoms. The standard InChI is InChI=1S/C14H25NOS/c1-11-7-12(2)9-13(8-11)10-15-14-3-5-17(16)6-4-14/h7,11,13-15H,3-6,8-10H2,1-2H3. The second kappa shape index (κ2) is 6.14. The molecule has 2 rings (SSSR count). The number of nitrogens with one attached hydrogen (secondary N) is 1. The highest BCUT2D eigenvalue weighted by Crippen LogP contribution is 2.27. The molecule has 1 fully saturated rings. The van der Waals surface area contributed by atoms with E-state index in [1.165, 1.54) is 12.8 Å². The van der Waals surface area contributed by atoms with Crippen molar-refractivity contribution in [2.45, 2.75) is 45.6 Å². The maximum absolute atomic E-state index is 11.3. The Kier molecular flexibility index (Phi) is 4.80. The summed E-state index contributed by atoms with van der Waals surface area (Å²) in [5.41, 5.74) is 1.56. The van der Waals surface area contributed by atoms with Gasteiger partial charge < -0.3 is 5.32 Å². The first-order chi connectivity index (χ1) is 8.13. The van der Waals surface area contributed by atoms with Gasteiger partial charge in [0.25, 0.3) is 0 Å². The molecule has 2 atom stereocenters. The van der Waals surface area contributed by atoms with E-state index in [9.17, 15) is 4.21 Å². The molecule has 1 heterocycles. The van der Waals surface area contributed by atoms with E-state index in [4.69, 9.17) is 0 Å². The molecule has 0 aromatic carbocycles. The number of allylic oxidation sites excluding steroid dienone is 2. The first-order valence-corrected chi connectivity index (χ1v) is 8.38. The lowest BCUT2D eigenvalue weighted by atomic mass is 9.83. The smallest absolute Gasteiger partial charge is 0.0249 e. The van der Waals surface area contributed by atoms with Crippen molar-refractivity contribution in [3.63, 3.8) is 0 Å². The highest BCUT2D eigenvalue weighted by atomic mass is 32.2. The van der Waals surface area contributed by atoms with Gasteiger partial charge in [0, 0.05) is 28.3 Å². The van der Waals surface area contributed by atoms with Crippen LogP contribution in [0.1, 0.15) is 39.5 Å². The molecule has 0 saturated carbocycles. The molecule has 2 aliphatic rings. The molecule has 1 aliphatic heterocycles. The van der Waals surface area contributed by atoms with Crippen molar-refractivity contribution in [3.05, 3.63) is 11.6 Å². The summed E-state index contributed by atoms with van der Waals surface area (Å²) in [5.74, 6) is 3.35. The largest absolute Gasteiger partial charge is 0.314 e. The Bertz CT molecular complexity index is 303. The van der Waals surface area contributed by atoms with Crippen LogP contribution >= 0.6 is 0 Å². The van der Waals surface area contributed by atoms with Gasteiger partial charge in [0.1, 0.15) is 0 Å². The molecule has 0 amide bonds. The van der Waals surface area contributed by atoms with Gasteiger partial charge in [-0.05, 0) is 51.0 Å². The monoisotopic (exact) mass is 255 g/mol. The second-order valence-corrected chi connectivity index (χ2v) is 7.52. The molecule has 2 unspecified atom stereocenters. The predicted molar refractivity (Wildman–Crippen MR) is 74.5 cm³/mol. The predicted octanol–water partition coefficient (Wildman–Crippen LogP) is 2.48. The van der Waals surface area contributed by atoms with Crippen LogP contribution in [0.2, 0.25) is 0 Å². The Morgan fingerprint density at radius 1 is 1.41 bits per heavy atom. The van der Waals surface area contributed by atoms with E-state index in [0.717, 1.165) is 42.7 Å². The fourth-order valence-corrected chi connectivity index (χ4v) is 4.47. The third kappa shape index (κ3) is 4.22. The SMILES string of the molecule is CC1=CC(C)CC(CNC2CCS(=O)CC2)C1. The number of rotatable bonds is 3. The summed E-state index contributed by atoms with van der Waals surface area (Å²) in [4.78, 5) is 0. The minimum absolute atomic E-state index is 0.530. The quantitative estimate of drug-likeness (QED) is 0.785. The maximum atomic E-state index is 11.3. The van der Waals surface area contributed by atoms with Gasteiger partial charge in [-0.2, -0.15) is 0 Å². The van der Waals surface area contributed by atoms with Crippen LogP contribution in [0, 0.1) is 11.8 Å². The van der Waals surface area contributed by atoms with Crippen LogP contribution in [0.3, 0.4) is 0 Å².